The largest absolute Gasteiger partial charge is 0.452 e. The third-order valence-electron chi connectivity index (χ3n) is 5.17. The minimum atomic E-state index is -7.49. The Balaban J connectivity index is 2.43. The highest BCUT2D eigenvalue weighted by molar-refractivity contribution is 7.89. The Labute approximate surface area is 216 Å². The maximum Gasteiger partial charge on any atom is 0.452 e. The van der Waals surface area contributed by atoms with E-state index in [0.29, 0.717) is 24.1 Å². The fourth-order valence-electron chi connectivity index (χ4n) is 2.75. The van der Waals surface area contributed by atoms with Gasteiger partial charge in [-0.25, -0.2) is 0 Å². The number of oxime groups is 1. The molecule has 0 aliphatic carbocycles. The number of alkyl halides is 9. The summed E-state index contributed by atoms with van der Waals surface area (Å²) in [5.41, 5.74) is -2.74. The molecule has 0 bridgehead atoms. The fraction of sp³-hybridized carbons (Fsp3) is 0.381. The first-order chi connectivity index (χ1) is 17.6. The van der Waals surface area contributed by atoms with Crippen molar-refractivity contribution in [1.29, 1.82) is 0 Å². The molecule has 0 saturated carbocycles. The average Bonchev–Trinajstić information content (AvgIpc) is 2.83. The van der Waals surface area contributed by atoms with Crippen molar-refractivity contribution in [2.24, 2.45) is 5.16 Å². The molecule has 2 aromatic rings. The summed E-state index contributed by atoms with van der Waals surface area (Å²) in [4.78, 5) is 0. The number of hydrogen-bond acceptors (Lipinski definition) is 7. The van der Waals surface area contributed by atoms with E-state index in [1.165, 1.54) is 18.2 Å². The highest BCUT2D eigenvalue weighted by atomic mass is 32.2. The lowest BCUT2D eigenvalue weighted by Gasteiger charge is -2.30. The maximum absolute atomic E-state index is 14.3. The lowest BCUT2D eigenvalue weighted by atomic mass is 9.99. The number of halogens is 9. The Hall–Kier alpha value is -3.02. The van der Waals surface area contributed by atoms with Crippen molar-refractivity contribution in [2.45, 2.75) is 48.8 Å². The molecule has 0 aliphatic heterocycles. The molecule has 0 spiro atoms. The lowest BCUT2D eigenvalue weighted by molar-refractivity contribution is -0.247. The quantitative estimate of drug-likeness (QED) is 0.132. The van der Waals surface area contributed by atoms with Crippen LogP contribution in [0.3, 0.4) is 0 Å². The summed E-state index contributed by atoms with van der Waals surface area (Å²) in [5.74, 6) is -8.45. The fourth-order valence-corrected chi connectivity index (χ4v) is 4.43. The van der Waals surface area contributed by atoms with Gasteiger partial charge in [0.2, 0.25) is 0 Å². The van der Waals surface area contributed by atoms with Crippen LogP contribution in [0.5, 0.6) is 5.75 Å². The summed E-state index contributed by atoms with van der Waals surface area (Å²) in [5, 5.41) is -12.2. The van der Waals surface area contributed by atoms with E-state index in [1.54, 1.807) is 13.8 Å². The molecular weight excluding hydrogens is 597 g/mol. The zero-order valence-corrected chi connectivity index (χ0v) is 21.2. The van der Waals surface area contributed by atoms with Crippen LogP contribution in [0.25, 0.3) is 0 Å². The van der Waals surface area contributed by atoms with Gasteiger partial charge in [0.25, 0.3) is 0 Å². The molecule has 218 valence electrons. The van der Waals surface area contributed by atoms with Crippen LogP contribution in [0.1, 0.15) is 37.3 Å². The first kappa shape index (κ1) is 32.2. The zero-order chi connectivity index (χ0) is 30.1. The van der Waals surface area contributed by atoms with Gasteiger partial charge in [0, 0.05) is 5.56 Å². The number of rotatable bonds is 11. The molecule has 1 unspecified atom stereocenters. The van der Waals surface area contributed by atoms with Gasteiger partial charge in [-0.3, -0.25) is 4.28 Å². The van der Waals surface area contributed by atoms with E-state index in [9.17, 15) is 56.3 Å². The molecule has 0 radical (unpaired) electrons. The molecule has 0 saturated heterocycles. The van der Waals surface area contributed by atoms with Crippen LogP contribution in [0, 0.1) is 0 Å². The van der Waals surface area contributed by atoms with E-state index in [1.807, 2.05) is 5.16 Å². The van der Waals surface area contributed by atoms with Gasteiger partial charge in [0.05, 0.1) is 0 Å². The molecule has 0 heterocycles. The van der Waals surface area contributed by atoms with Crippen LogP contribution in [0.4, 0.5) is 39.5 Å². The van der Waals surface area contributed by atoms with Gasteiger partial charge in [-0.2, -0.15) is 56.3 Å². The van der Waals surface area contributed by atoms with E-state index in [0.717, 1.165) is 24.3 Å². The van der Waals surface area contributed by atoms with Crippen LogP contribution in [0.2, 0.25) is 0 Å². The lowest BCUT2D eigenvalue weighted by Crippen LogP contribution is -2.61. The smallest absolute Gasteiger partial charge is 0.378 e. The summed E-state index contributed by atoms with van der Waals surface area (Å²) in [6, 6.07) is 8.29. The van der Waals surface area contributed by atoms with Crippen molar-refractivity contribution >= 4 is 25.9 Å². The molecule has 0 N–H and O–H groups in total. The first-order valence-corrected chi connectivity index (χ1v) is 13.2. The molecule has 0 aromatic heterocycles. The van der Waals surface area contributed by atoms with E-state index in [-0.39, 0.29) is 5.92 Å². The summed E-state index contributed by atoms with van der Waals surface area (Å²) < 4.78 is 179. The number of hydrogen-bond donors (Lipinski definition) is 0. The van der Waals surface area contributed by atoms with E-state index in [4.69, 9.17) is 0 Å². The van der Waals surface area contributed by atoms with Crippen molar-refractivity contribution in [3.8, 4) is 5.75 Å². The minimum absolute atomic E-state index is 0.104. The van der Waals surface area contributed by atoms with E-state index >= 15 is 0 Å². The number of nitrogens with zero attached hydrogens (tertiary/aromatic N) is 1. The molecule has 18 heteroatoms. The van der Waals surface area contributed by atoms with Crippen LogP contribution >= 0.6 is 0 Å². The van der Waals surface area contributed by atoms with Gasteiger partial charge in [-0.15, -0.1) is 0 Å². The maximum atomic E-state index is 14.3. The second kappa shape index (κ2) is 10.9. The Bertz CT molecular complexity index is 1390. The first-order valence-electron chi connectivity index (χ1n) is 10.4. The Morgan fingerprint density at radius 1 is 0.795 bits per heavy atom. The van der Waals surface area contributed by atoms with Crippen molar-refractivity contribution in [3.63, 3.8) is 0 Å². The molecule has 0 fully saturated rings. The SMILES string of the molecule is CCC(C)c1ccc(OS(=O)(=O)C(F)(F)C(F)(F)C(F)(F)S(=O)(=O)O/N=C(\c2ccccc2)C(F)(F)F)cc1. The normalized spacial score (nSPS) is 15.1. The van der Waals surface area contributed by atoms with Gasteiger partial charge >= 0.3 is 42.8 Å². The summed E-state index contributed by atoms with van der Waals surface area (Å²) in [6.45, 7) is 3.50. The predicted octanol–water partition coefficient (Wildman–Crippen LogP) is 6.04. The monoisotopic (exact) mass is 615 g/mol. The molecule has 1 atom stereocenters. The van der Waals surface area contributed by atoms with Gasteiger partial charge in [-0.05, 0) is 30.0 Å². The van der Waals surface area contributed by atoms with Crippen LogP contribution < -0.4 is 4.18 Å². The average molecular weight is 615 g/mol. The summed E-state index contributed by atoms with van der Waals surface area (Å²) >= 11 is 0. The van der Waals surface area contributed by atoms with E-state index < -0.39 is 59.9 Å². The van der Waals surface area contributed by atoms with Gasteiger partial charge in [0.1, 0.15) is 5.75 Å². The topological polar surface area (TPSA) is 99.1 Å². The van der Waals surface area contributed by atoms with Gasteiger partial charge in [-0.1, -0.05) is 61.5 Å². The number of benzene rings is 2. The van der Waals surface area contributed by atoms with Gasteiger partial charge < -0.3 is 4.18 Å². The third-order valence-corrected chi connectivity index (χ3v) is 7.62. The second-order valence-electron chi connectivity index (χ2n) is 7.86. The second-order valence-corrected chi connectivity index (χ2v) is 11.0. The Kier molecular flexibility index (Phi) is 8.97. The van der Waals surface area contributed by atoms with E-state index in [2.05, 4.69) is 8.47 Å². The third kappa shape index (κ3) is 6.26. The molecule has 2 aromatic carbocycles. The zero-order valence-electron chi connectivity index (χ0n) is 19.6. The predicted molar refractivity (Wildman–Crippen MR) is 119 cm³/mol. The Morgan fingerprint density at radius 2 is 1.28 bits per heavy atom. The van der Waals surface area contributed by atoms with Crippen molar-refractivity contribution in [3.05, 3.63) is 65.7 Å². The summed E-state index contributed by atoms with van der Waals surface area (Å²) in [6.07, 6.45) is -5.01. The highest BCUT2D eigenvalue weighted by Crippen LogP contribution is 2.51. The van der Waals surface area contributed by atoms with Gasteiger partial charge in [0.15, 0.2) is 5.71 Å². The molecule has 0 amide bonds. The molecule has 2 rings (SSSR count). The van der Waals surface area contributed by atoms with Crippen LogP contribution in [0.15, 0.2) is 59.8 Å². The molecular formula is C21H18F9NO6S2. The van der Waals surface area contributed by atoms with Crippen LogP contribution in [-0.4, -0.2) is 45.2 Å². The summed E-state index contributed by atoms with van der Waals surface area (Å²) in [7, 11) is -14.5. The standard InChI is InChI=1S/C21H18F9NO6S2/c1-3-13(2)14-9-11-16(12-10-14)36-38(32,33)20(27,28)19(25,26)21(29,30)39(34,35)37-31-17(18(22,23)24)15-7-5-4-6-8-15/h4-13H,3H2,1-2H3/b31-17+. The highest BCUT2D eigenvalue weighted by Gasteiger charge is 2.84. The molecule has 7 nitrogen and oxygen atoms in total. The minimum Gasteiger partial charge on any atom is -0.378 e. The van der Waals surface area contributed by atoms with Crippen molar-refractivity contribution in [2.75, 3.05) is 0 Å². The molecule has 39 heavy (non-hydrogen) atoms. The van der Waals surface area contributed by atoms with Crippen molar-refractivity contribution < 1.29 is 64.8 Å². The van der Waals surface area contributed by atoms with Crippen LogP contribution in [-0.2, 0) is 24.5 Å². The van der Waals surface area contributed by atoms with Crippen molar-refractivity contribution in [1.82, 2.24) is 0 Å². The molecule has 0 aliphatic rings. The Morgan fingerprint density at radius 3 is 1.74 bits per heavy atom.